The molecule has 1 aromatic rings. The summed E-state index contributed by atoms with van der Waals surface area (Å²) in [7, 11) is 3.25. The fourth-order valence-corrected chi connectivity index (χ4v) is 3.21. The van der Waals surface area contributed by atoms with Crippen molar-refractivity contribution < 1.29 is 19.5 Å². The zero-order valence-corrected chi connectivity index (χ0v) is 15.8. The first-order chi connectivity index (χ1) is 12.3. The minimum Gasteiger partial charge on any atom is -0.481 e. The number of hydrogen-bond donors (Lipinski definition) is 2. The molecule has 1 fully saturated rings. The molecule has 0 aromatic heterocycles. The molecule has 1 unspecified atom stereocenters. The summed E-state index contributed by atoms with van der Waals surface area (Å²) in [6, 6.07) is 4.37. The minimum atomic E-state index is -0.866. The monoisotopic (exact) mass is 381 g/mol. The summed E-state index contributed by atoms with van der Waals surface area (Å²) < 4.78 is 0. The molecule has 7 nitrogen and oxygen atoms in total. The molecule has 0 radical (unpaired) electrons. The second kappa shape index (κ2) is 8.89. The Morgan fingerprint density at radius 2 is 2.04 bits per heavy atom. The summed E-state index contributed by atoms with van der Waals surface area (Å²) in [5, 5.41) is 11.9. The summed E-state index contributed by atoms with van der Waals surface area (Å²) in [6.07, 6.45) is 3.09. The molecule has 3 amide bonds. The van der Waals surface area contributed by atoms with Gasteiger partial charge in [-0.15, -0.1) is 0 Å². The Balaban J connectivity index is 2.20. The Kier molecular flexibility index (Phi) is 6.85. The molecule has 0 spiro atoms. The van der Waals surface area contributed by atoms with Gasteiger partial charge in [-0.1, -0.05) is 11.6 Å². The van der Waals surface area contributed by atoms with Gasteiger partial charge in [-0.25, -0.2) is 4.79 Å². The number of carbonyl (C=O) groups excluding carboxylic acids is 2. The second-order valence-corrected chi connectivity index (χ2v) is 7.01. The van der Waals surface area contributed by atoms with E-state index in [2.05, 4.69) is 5.32 Å². The molecule has 1 heterocycles. The number of carboxylic acid groups (broad SMARTS) is 1. The van der Waals surface area contributed by atoms with Crippen LogP contribution in [-0.2, 0) is 4.79 Å². The van der Waals surface area contributed by atoms with E-state index < -0.39 is 5.97 Å². The molecule has 2 N–H and O–H groups in total. The van der Waals surface area contributed by atoms with E-state index >= 15 is 0 Å². The van der Waals surface area contributed by atoms with Crippen LogP contribution in [0.25, 0.3) is 0 Å². The summed E-state index contributed by atoms with van der Waals surface area (Å²) in [5.74, 6) is -1.10. The van der Waals surface area contributed by atoms with E-state index in [-0.39, 0.29) is 24.4 Å². The van der Waals surface area contributed by atoms with Crippen LogP contribution in [0.15, 0.2) is 18.2 Å². The van der Waals surface area contributed by atoms with Crippen molar-refractivity contribution in [3.63, 3.8) is 0 Å². The molecule has 1 saturated heterocycles. The topological polar surface area (TPSA) is 90.0 Å². The third kappa shape index (κ3) is 5.11. The van der Waals surface area contributed by atoms with Crippen molar-refractivity contribution in [2.75, 3.05) is 26.0 Å². The number of urea groups is 1. The third-order valence-electron chi connectivity index (χ3n) is 4.43. The van der Waals surface area contributed by atoms with Crippen molar-refractivity contribution in [3.8, 4) is 0 Å². The molecule has 0 bridgehead atoms. The maximum atomic E-state index is 13.0. The number of likely N-dealkylation sites (tertiary alicyclic amines) is 1. The number of halogens is 1. The first-order valence-electron chi connectivity index (χ1n) is 8.60. The third-order valence-corrected chi connectivity index (χ3v) is 4.76. The lowest BCUT2D eigenvalue weighted by molar-refractivity contribution is -0.137. The Hall–Kier alpha value is -2.28. The van der Waals surface area contributed by atoms with E-state index in [1.807, 2.05) is 0 Å². The van der Waals surface area contributed by atoms with Crippen molar-refractivity contribution >= 4 is 35.2 Å². The number of aliphatic carboxylic acids is 1. The fraction of sp³-hybridized carbons (Fsp3) is 0.500. The first kappa shape index (κ1) is 20.0. The lowest BCUT2D eigenvalue weighted by Crippen LogP contribution is -2.44. The number of amides is 3. The predicted molar refractivity (Wildman–Crippen MR) is 99.7 cm³/mol. The van der Waals surface area contributed by atoms with Crippen molar-refractivity contribution in [1.29, 1.82) is 0 Å². The molecule has 0 aliphatic carbocycles. The summed E-state index contributed by atoms with van der Waals surface area (Å²) in [4.78, 5) is 38.8. The van der Waals surface area contributed by atoms with Gasteiger partial charge in [-0.2, -0.15) is 0 Å². The number of carbonyl (C=O) groups is 3. The SMILES string of the molecule is CN(C)C(=O)Nc1ccc(Cl)c(C(=O)N2CCCCC2CCC(=O)O)c1. The van der Waals surface area contributed by atoms with Gasteiger partial charge < -0.3 is 20.2 Å². The highest BCUT2D eigenvalue weighted by Gasteiger charge is 2.29. The Morgan fingerprint density at radius 1 is 1.31 bits per heavy atom. The number of anilines is 1. The molecule has 1 aromatic carbocycles. The van der Waals surface area contributed by atoms with Crippen LogP contribution in [0.1, 0.15) is 42.5 Å². The van der Waals surface area contributed by atoms with Gasteiger partial charge in [0.25, 0.3) is 5.91 Å². The average molecular weight is 382 g/mol. The standard InChI is InChI=1S/C18H24ClN3O4/c1-21(2)18(26)20-12-6-8-15(19)14(11-12)17(25)22-10-4-3-5-13(22)7-9-16(23)24/h6,8,11,13H,3-5,7,9-10H2,1-2H3,(H,20,26)(H,23,24). The highest BCUT2D eigenvalue weighted by Crippen LogP contribution is 2.27. The Morgan fingerprint density at radius 3 is 2.69 bits per heavy atom. The van der Waals surface area contributed by atoms with Crippen LogP contribution < -0.4 is 5.32 Å². The molecule has 8 heteroatoms. The molecule has 1 atom stereocenters. The highest BCUT2D eigenvalue weighted by molar-refractivity contribution is 6.34. The van der Waals surface area contributed by atoms with Crippen LogP contribution in [0, 0.1) is 0 Å². The van der Waals surface area contributed by atoms with Gasteiger partial charge >= 0.3 is 12.0 Å². The minimum absolute atomic E-state index is 0.0289. The molecule has 2 rings (SSSR count). The van der Waals surface area contributed by atoms with E-state index in [0.29, 0.717) is 29.2 Å². The van der Waals surface area contributed by atoms with Gasteiger partial charge in [0.2, 0.25) is 0 Å². The first-order valence-corrected chi connectivity index (χ1v) is 8.98. The van der Waals surface area contributed by atoms with Gasteiger partial charge in [0.05, 0.1) is 10.6 Å². The lowest BCUT2D eigenvalue weighted by Gasteiger charge is -2.36. The van der Waals surface area contributed by atoms with Gasteiger partial charge in [0.15, 0.2) is 0 Å². The molecule has 142 valence electrons. The number of benzene rings is 1. The molecule has 26 heavy (non-hydrogen) atoms. The molecular formula is C18H24ClN3O4. The van der Waals surface area contributed by atoms with E-state index in [4.69, 9.17) is 16.7 Å². The van der Waals surface area contributed by atoms with E-state index in [1.165, 1.54) is 4.90 Å². The smallest absolute Gasteiger partial charge is 0.321 e. The van der Waals surface area contributed by atoms with Crippen LogP contribution >= 0.6 is 11.6 Å². The lowest BCUT2D eigenvalue weighted by atomic mass is 9.97. The van der Waals surface area contributed by atoms with Crippen LogP contribution in [-0.4, -0.2) is 59.5 Å². The highest BCUT2D eigenvalue weighted by atomic mass is 35.5. The fourth-order valence-electron chi connectivity index (χ4n) is 3.02. The van der Waals surface area contributed by atoms with Crippen LogP contribution in [0.2, 0.25) is 5.02 Å². The number of nitrogens with zero attached hydrogens (tertiary/aromatic N) is 2. The van der Waals surface area contributed by atoms with E-state index in [9.17, 15) is 14.4 Å². The largest absolute Gasteiger partial charge is 0.481 e. The normalized spacial score (nSPS) is 16.9. The van der Waals surface area contributed by atoms with Gasteiger partial charge in [-0.05, 0) is 43.9 Å². The van der Waals surface area contributed by atoms with Crippen molar-refractivity contribution in [2.24, 2.45) is 0 Å². The van der Waals surface area contributed by atoms with Gasteiger partial charge in [-0.3, -0.25) is 9.59 Å². The van der Waals surface area contributed by atoms with Crippen molar-refractivity contribution in [1.82, 2.24) is 9.80 Å². The van der Waals surface area contributed by atoms with E-state index in [0.717, 1.165) is 19.3 Å². The molecule has 0 saturated carbocycles. The summed E-state index contributed by atoms with van der Waals surface area (Å²) >= 11 is 6.22. The number of carboxylic acids is 1. The predicted octanol–water partition coefficient (Wildman–Crippen LogP) is 3.29. The summed E-state index contributed by atoms with van der Waals surface area (Å²) in [5.41, 5.74) is 0.793. The van der Waals surface area contributed by atoms with E-state index in [1.54, 1.807) is 37.2 Å². The average Bonchev–Trinajstić information content (AvgIpc) is 2.61. The van der Waals surface area contributed by atoms with Crippen molar-refractivity contribution in [2.45, 2.75) is 38.1 Å². The summed E-state index contributed by atoms with van der Waals surface area (Å²) in [6.45, 7) is 0.577. The Bertz CT molecular complexity index is 693. The quantitative estimate of drug-likeness (QED) is 0.818. The van der Waals surface area contributed by atoms with Crippen LogP contribution in [0.4, 0.5) is 10.5 Å². The van der Waals surface area contributed by atoms with Gasteiger partial charge in [0.1, 0.15) is 0 Å². The van der Waals surface area contributed by atoms with Gasteiger partial charge in [0, 0.05) is 38.8 Å². The molecular weight excluding hydrogens is 358 g/mol. The number of nitrogens with one attached hydrogen (secondary N) is 1. The Labute approximate surface area is 157 Å². The maximum Gasteiger partial charge on any atom is 0.321 e. The number of hydrogen-bond acceptors (Lipinski definition) is 3. The number of rotatable bonds is 5. The van der Waals surface area contributed by atoms with Crippen LogP contribution in [0.3, 0.4) is 0 Å². The second-order valence-electron chi connectivity index (χ2n) is 6.60. The molecule has 1 aliphatic rings. The zero-order valence-electron chi connectivity index (χ0n) is 15.0. The maximum absolute atomic E-state index is 13.0. The molecule has 1 aliphatic heterocycles. The zero-order chi connectivity index (χ0) is 19.3. The van der Waals surface area contributed by atoms with Crippen LogP contribution in [0.5, 0.6) is 0 Å². The van der Waals surface area contributed by atoms with Crippen molar-refractivity contribution in [3.05, 3.63) is 28.8 Å². The number of piperidine rings is 1.